The Kier molecular flexibility index (Phi) is 5.72. The summed E-state index contributed by atoms with van der Waals surface area (Å²) in [4.78, 5) is 13.7. The summed E-state index contributed by atoms with van der Waals surface area (Å²) in [5, 5.41) is 2.75. The van der Waals surface area contributed by atoms with Crippen LogP contribution in [0.4, 0.5) is 5.69 Å². The van der Waals surface area contributed by atoms with Gasteiger partial charge in [-0.1, -0.05) is 29.8 Å². The molecule has 122 valence electrons. The van der Waals surface area contributed by atoms with E-state index in [1.54, 1.807) is 18.9 Å². The molecule has 0 fully saturated rings. The number of carbonyl (C=O) groups excluding carboxylic acids is 1. The van der Waals surface area contributed by atoms with Crippen molar-refractivity contribution in [3.05, 3.63) is 53.1 Å². The van der Waals surface area contributed by atoms with Crippen LogP contribution in [-0.2, 0) is 4.79 Å². The number of para-hydroxylation sites is 2. The average molecular weight is 329 g/mol. The second-order valence-electron chi connectivity index (χ2n) is 5.68. The number of amides is 1. The molecule has 0 radical (unpaired) electrons. The summed E-state index contributed by atoms with van der Waals surface area (Å²) in [6, 6.07) is 11.7. The van der Waals surface area contributed by atoms with Crippen molar-refractivity contribution in [2.75, 3.05) is 12.4 Å². The van der Waals surface area contributed by atoms with E-state index in [2.05, 4.69) is 38.2 Å². The number of rotatable bonds is 5. The molecule has 0 saturated heterocycles. The number of thioether (sulfide) groups is 1. The number of carbonyl (C=O) groups is 1. The highest BCUT2D eigenvalue weighted by Gasteiger charge is 2.18. The maximum Gasteiger partial charge on any atom is 0.237 e. The first-order valence-electron chi connectivity index (χ1n) is 7.60. The molecule has 0 aromatic heterocycles. The zero-order valence-corrected chi connectivity index (χ0v) is 15.1. The van der Waals surface area contributed by atoms with E-state index in [0.717, 1.165) is 0 Å². The topological polar surface area (TPSA) is 38.3 Å². The molecule has 23 heavy (non-hydrogen) atoms. The average Bonchev–Trinajstić information content (AvgIpc) is 2.51. The molecule has 0 heterocycles. The summed E-state index contributed by atoms with van der Waals surface area (Å²) in [5.74, 6) is 0.639. The van der Waals surface area contributed by atoms with Gasteiger partial charge in [-0.2, -0.15) is 0 Å². The van der Waals surface area contributed by atoms with E-state index in [4.69, 9.17) is 4.74 Å². The van der Waals surface area contributed by atoms with E-state index >= 15 is 0 Å². The van der Waals surface area contributed by atoms with Gasteiger partial charge >= 0.3 is 0 Å². The first kappa shape index (κ1) is 17.4. The van der Waals surface area contributed by atoms with Crippen molar-refractivity contribution >= 4 is 23.4 Å². The standard InChI is InChI=1S/C19H23NO2S/c1-12-10-13(2)18(14(3)11-12)23-15(4)19(21)20-16-8-6-7-9-17(16)22-5/h6-11,15H,1-5H3,(H,20,21)/t15-/m0/s1. The normalized spacial score (nSPS) is 11.9. The lowest BCUT2D eigenvalue weighted by molar-refractivity contribution is -0.115. The maximum absolute atomic E-state index is 12.5. The fourth-order valence-corrected chi connectivity index (χ4v) is 3.57. The van der Waals surface area contributed by atoms with Crippen molar-refractivity contribution in [3.8, 4) is 5.75 Å². The number of aryl methyl sites for hydroxylation is 3. The maximum atomic E-state index is 12.5. The highest BCUT2D eigenvalue weighted by molar-refractivity contribution is 8.00. The Bertz CT molecular complexity index is 689. The van der Waals surface area contributed by atoms with Crippen LogP contribution < -0.4 is 10.1 Å². The van der Waals surface area contributed by atoms with Gasteiger partial charge < -0.3 is 10.1 Å². The van der Waals surface area contributed by atoms with Crippen LogP contribution in [0, 0.1) is 20.8 Å². The number of benzene rings is 2. The monoisotopic (exact) mass is 329 g/mol. The number of hydrogen-bond donors (Lipinski definition) is 1. The summed E-state index contributed by atoms with van der Waals surface area (Å²) in [6.07, 6.45) is 0. The summed E-state index contributed by atoms with van der Waals surface area (Å²) >= 11 is 1.59. The highest BCUT2D eigenvalue weighted by atomic mass is 32.2. The van der Waals surface area contributed by atoms with E-state index < -0.39 is 0 Å². The first-order valence-corrected chi connectivity index (χ1v) is 8.48. The molecule has 2 aromatic rings. The van der Waals surface area contributed by atoms with Crippen molar-refractivity contribution in [3.63, 3.8) is 0 Å². The second-order valence-corrected chi connectivity index (χ2v) is 7.03. The molecule has 0 spiro atoms. The third-order valence-corrected chi connectivity index (χ3v) is 5.08. The van der Waals surface area contributed by atoms with Gasteiger partial charge in [-0.25, -0.2) is 0 Å². The molecule has 2 rings (SSSR count). The van der Waals surface area contributed by atoms with Crippen LogP contribution in [0.15, 0.2) is 41.3 Å². The third-order valence-electron chi connectivity index (χ3n) is 3.63. The van der Waals surface area contributed by atoms with Crippen molar-refractivity contribution in [1.82, 2.24) is 0 Å². The van der Waals surface area contributed by atoms with Crippen molar-refractivity contribution in [1.29, 1.82) is 0 Å². The Morgan fingerprint density at radius 2 is 1.74 bits per heavy atom. The Morgan fingerprint density at radius 1 is 1.13 bits per heavy atom. The molecule has 0 aliphatic heterocycles. The van der Waals surface area contributed by atoms with Crippen LogP contribution in [-0.4, -0.2) is 18.3 Å². The molecule has 0 unspecified atom stereocenters. The molecule has 1 N–H and O–H groups in total. The predicted octanol–water partition coefficient (Wildman–Crippen LogP) is 4.74. The zero-order valence-electron chi connectivity index (χ0n) is 14.3. The molecule has 1 atom stereocenters. The highest BCUT2D eigenvalue weighted by Crippen LogP contribution is 2.32. The summed E-state index contributed by atoms with van der Waals surface area (Å²) in [5.41, 5.74) is 4.37. The fraction of sp³-hybridized carbons (Fsp3) is 0.316. The molecule has 4 heteroatoms. The van der Waals surface area contributed by atoms with Gasteiger partial charge in [-0.05, 0) is 51.0 Å². The number of anilines is 1. The molecule has 0 aliphatic carbocycles. The SMILES string of the molecule is COc1ccccc1NC(=O)[C@H](C)Sc1c(C)cc(C)cc1C. The zero-order chi connectivity index (χ0) is 17.0. The fourth-order valence-electron chi connectivity index (χ4n) is 2.57. The van der Waals surface area contributed by atoms with Gasteiger partial charge in [0.2, 0.25) is 5.91 Å². The van der Waals surface area contributed by atoms with E-state index in [-0.39, 0.29) is 11.2 Å². The van der Waals surface area contributed by atoms with Crippen LogP contribution >= 0.6 is 11.8 Å². The third kappa shape index (κ3) is 4.29. The largest absolute Gasteiger partial charge is 0.495 e. The first-order chi connectivity index (χ1) is 10.9. The predicted molar refractivity (Wildman–Crippen MR) is 97.6 cm³/mol. The summed E-state index contributed by atoms with van der Waals surface area (Å²) < 4.78 is 5.27. The number of ether oxygens (including phenoxy) is 1. The molecular weight excluding hydrogens is 306 g/mol. The number of nitrogens with one attached hydrogen (secondary N) is 1. The van der Waals surface area contributed by atoms with Gasteiger partial charge in [-0.3, -0.25) is 4.79 Å². The Labute approximate surface area is 142 Å². The van der Waals surface area contributed by atoms with E-state index in [0.29, 0.717) is 11.4 Å². The smallest absolute Gasteiger partial charge is 0.237 e. The van der Waals surface area contributed by atoms with Gasteiger partial charge in [0, 0.05) is 4.90 Å². The van der Waals surface area contributed by atoms with Gasteiger partial charge in [0.15, 0.2) is 0 Å². The molecule has 1 amide bonds. The van der Waals surface area contributed by atoms with Gasteiger partial charge in [0.05, 0.1) is 18.0 Å². The van der Waals surface area contributed by atoms with Crippen LogP contribution in [0.3, 0.4) is 0 Å². The van der Waals surface area contributed by atoms with E-state index in [1.807, 2.05) is 31.2 Å². The van der Waals surface area contributed by atoms with Crippen LogP contribution in [0.2, 0.25) is 0 Å². The minimum Gasteiger partial charge on any atom is -0.495 e. The Balaban J connectivity index is 2.12. The van der Waals surface area contributed by atoms with Crippen LogP contribution in [0.1, 0.15) is 23.6 Å². The minimum absolute atomic E-state index is 0.0288. The van der Waals surface area contributed by atoms with E-state index in [1.165, 1.54) is 21.6 Å². The minimum atomic E-state index is -0.194. The van der Waals surface area contributed by atoms with Gasteiger partial charge in [-0.15, -0.1) is 11.8 Å². The van der Waals surface area contributed by atoms with Crippen molar-refractivity contribution in [2.24, 2.45) is 0 Å². The number of methoxy groups -OCH3 is 1. The van der Waals surface area contributed by atoms with Crippen molar-refractivity contribution in [2.45, 2.75) is 37.8 Å². The Morgan fingerprint density at radius 3 is 2.35 bits per heavy atom. The molecule has 2 aromatic carbocycles. The van der Waals surface area contributed by atoms with Gasteiger partial charge in [0.25, 0.3) is 0 Å². The molecule has 0 saturated carbocycles. The molecule has 0 aliphatic rings. The van der Waals surface area contributed by atoms with Crippen molar-refractivity contribution < 1.29 is 9.53 Å². The number of hydrogen-bond acceptors (Lipinski definition) is 3. The summed E-state index contributed by atoms with van der Waals surface area (Å²) in [7, 11) is 1.60. The lowest BCUT2D eigenvalue weighted by Gasteiger charge is -2.17. The quantitative estimate of drug-likeness (QED) is 0.805. The van der Waals surface area contributed by atoms with Gasteiger partial charge in [0.1, 0.15) is 5.75 Å². The summed E-state index contributed by atoms with van der Waals surface area (Å²) in [6.45, 7) is 8.20. The Hall–Kier alpha value is -1.94. The van der Waals surface area contributed by atoms with E-state index in [9.17, 15) is 4.79 Å². The van der Waals surface area contributed by atoms with Crippen LogP contribution in [0.5, 0.6) is 5.75 Å². The molecule has 0 bridgehead atoms. The molecular formula is C19H23NO2S. The molecule has 3 nitrogen and oxygen atoms in total. The lowest BCUT2D eigenvalue weighted by Crippen LogP contribution is -2.22. The lowest BCUT2D eigenvalue weighted by atomic mass is 10.1. The van der Waals surface area contributed by atoms with Crippen LogP contribution in [0.25, 0.3) is 0 Å². The second kappa shape index (κ2) is 7.55.